The Bertz CT molecular complexity index is 2730. The number of nitrogens with zero attached hydrogens (tertiary/aromatic N) is 10. The quantitative estimate of drug-likeness (QED) is 0.0691. The van der Waals surface area contributed by atoms with Gasteiger partial charge < -0.3 is 35.3 Å². The minimum absolute atomic E-state index is 0. The van der Waals surface area contributed by atoms with Gasteiger partial charge in [0.05, 0.1) is 15.3 Å². The van der Waals surface area contributed by atoms with E-state index in [9.17, 15) is 40.0 Å². The van der Waals surface area contributed by atoms with Gasteiger partial charge in [-0.3, -0.25) is 40.0 Å². The molecule has 3 heterocycles. The van der Waals surface area contributed by atoms with Crippen molar-refractivity contribution >= 4 is 94.8 Å². The van der Waals surface area contributed by atoms with E-state index in [2.05, 4.69) is 145 Å². The smallest absolute Gasteiger partial charge is 0.319 e. The first-order valence-electron chi connectivity index (χ1n) is 19.1. The van der Waals surface area contributed by atoms with Gasteiger partial charge in [0, 0.05) is 91.9 Å². The zero-order valence-electron chi connectivity index (χ0n) is 34.8. The summed E-state index contributed by atoms with van der Waals surface area (Å²) in [4.78, 5) is 51.3. The fourth-order valence-electron chi connectivity index (χ4n) is 6.29. The molecule has 22 heteroatoms. The number of aromatic nitrogens is 2. The Morgan fingerprint density at radius 1 is 0.812 bits per heavy atom. The van der Waals surface area contributed by atoms with Crippen molar-refractivity contribution in [3.63, 3.8) is 0 Å². The molecule has 0 saturated heterocycles. The van der Waals surface area contributed by atoms with Crippen molar-refractivity contribution in [2.45, 2.75) is 39.5 Å². The van der Waals surface area contributed by atoms with Crippen LogP contribution in [0.25, 0.3) is 6.08 Å². The molecule has 1 aliphatic heterocycles. The fourth-order valence-corrected chi connectivity index (χ4v) is 7.89. The summed E-state index contributed by atoms with van der Waals surface area (Å²) in [6.07, 6.45) is 14.8. The van der Waals surface area contributed by atoms with E-state index >= 15 is 0 Å². The minimum Gasteiger partial charge on any atom is -0.506 e. The average molecular weight is 1020 g/mol. The summed E-state index contributed by atoms with van der Waals surface area (Å²) in [5.41, 5.74) is 6.80. The normalized spacial score (nSPS) is 18.3. The number of nitro groups is 2. The topological polar surface area (TPSA) is 245 Å². The molecular weight excluding hydrogens is 975 g/mol. The maximum Gasteiger partial charge on any atom is 0.319 e. The largest absolute Gasteiger partial charge is 0.506 e. The van der Waals surface area contributed by atoms with Crippen LogP contribution in [0.2, 0.25) is 0 Å². The fraction of sp³-hybridized carbons (Fsp3) is 0.214. The van der Waals surface area contributed by atoms with E-state index in [1.165, 1.54) is 52.5 Å². The zero-order chi connectivity index (χ0) is 45.8. The predicted molar refractivity (Wildman–Crippen MR) is 246 cm³/mol. The van der Waals surface area contributed by atoms with Crippen LogP contribution in [0.1, 0.15) is 45.2 Å². The van der Waals surface area contributed by atoms with Crippen LogP contribution < -0.4 is 24.5 Å². The molecule has 1 atom stereocenters. The van der Waals surface area contributed by atoms with Crippen LogP contribution in [0.5, 0.6) is 0 Å². The molecule has 2 N–H and O–H groups in total. The molecular formula is C42H40BrCoN10O8S2-. The van der Waals surface area contributed by atoms with Gasteiger partial charge in [0.2, 0.25) is 5.69 Å². The van der Waals surface area contributed by atoms with Crippen LogP contribution >= 0.6 is 38.6 Å². The van der Waals surface area contributed by atoms with Gasteiger partial charge in [-0.15, -0.1) is 0 Å². The molecule has 0 amide bonds. The summed E-state index contributed by atoms with van der Waals surface area (Å²) < 4.78 is 3.48. The third-order valence-corrected chi connectivity index (χ3v) is 12.1. The van der Waals surface area contributed by atoms with E-state index in [-0.39, 0.29) is 76.3 Å². The first-order valence-corrected chi connectivity index (χ1v) is 21.5. The maximum atomic E-state index is 10.9. The molecule has 18 nitrogen and oxygen atoms in total. The number of thiazole rings is 2. The van der Waals surface area contributed by atoms with Crippen LogP contribution in [-0.4, -0.2) is 73.5 Å². The van der Waals surface area contributed by atoms with Crippen molar-refractivity contribution in [3.8, 4) is 0 Å². The summed E-state index contributed by atoms with van der Waals surface area (Å²) >= 11 is 5.28. The molecule has 0 fully saturated rings. The van der Waals surface area contributed by atoms with Gasteiger partial charge in [0.25, 0.3) is 0 Å². The van der Waals surface area contributed by atoms with E-state index in [0.717, 1.165) is 71.2 Å². The molecule has 335 valence electrons. The van der Waals surface area contributed by atoms with E-state index in [1.807, 2.05) is 0 Å². The van der Waals surface area contributed by atoms with E-state index in [4.69, 9.17) is 0 Å². The third kappa shape index (κ3) is 12.4. The third-order valence-electron chi connectivity index (χ3n) is 9.73. The van der Waals surface area contributed by atoms with Gasteiger partial charge in [-0.05, 0) is 75.3 Å². The Morgan fingerprint density at radius 2 is 1.33 bits per heavy atom. The summed E-state index contributed by atoms with van der Waals surface area (Å²) in [7, 11) is 2.18. The number of anilines is 1. The number of ketones is 2. The molecule has 0 spiro atoms. The molecule has 2 aromatic heterocycles. The van der Waals surface area contributed by atoms with Crippen LogP contribution in [0.15, 0.2) is 134 Å². The number of rotatable bonds is 10. The van der Waals surface area contributed by atoms with Crippen molar-refractivity contribution < 1.29 is 51.0 Å². The summed E-state index contributed by atoms with van der Waals surface area (Å²) in [6, 6.07) is 15.4. The number of hydrogen-bond acceptors (Lipinski definition) is 15. The van der Waals surface area contributed by atoms with E-state index < -0.39 is 9.85 Å². The van der Waals surface area contributed by atoms with Crippen LogP contribution in [0.4, 0.5) is 21.4 Å². The number of aliphatic hydroxyl groups is 2. The van der Waals surface area contributed by atoms with Crippen LogP contribution in [0, 0.1) is 20.2 Å². The maximum absolute atomic E-state index is 10.9. The van der Waals surface area contributed by atoms with Gasteiger partial charge in [0.1, 0.15) is 30.0 Å². The summed E-state index contributed by atoms with van der Waals surface area (Å²) in [5, 5.41) is 53.9. The van der Waals surface area contributed by atoms with Gasteiger partial charge in [-0.25, -0.2) is 0 Å². The number of carbonyl (C=O) groups excluding carboxylic acids is 2. The number of allylic oxidation sites excluding steroid dienone is 7. The average Bonchev–Trinajstić information content (AvgIpc) is 4.00. The predicted octanol–water partition coefficient (Wildman–Crippen LogP) is 7.30. The van der Waals surface area contributed by atoms with Crippen LogP contribution in [0.3, 0.4) is 0 Å². The van der Waals surface area contributed by atoms with Crippen molar-refractivity contribution in [2.24, 2.45) is 20.4 Å². The molecule has 7 rings (SSSR count). The molecule has 4 aromatic rings. The van der Waals surface area contributed by atoms with Gasteiger partial charge in [0.15, 0.2) is 17.3 Å². The molecule has 64 heavy (non-hydrogen) atoms. The monoisotopic (exact) mass is 1010 g/mol. The van der Waals surface area contributed by atoms with Crippen molar-refractivity contribution in [2.75, 3.05) is 25.0 Å². The first-order chi connectivity index (χ1) is 30.1. The molecule has 1 radical (unpaired) electrons. The summed E-state index contributed by atoms with van der Waals surface area (Å²) in [5.74, 6) is -1.32. The first kappa shape index (κ1) is 50.2. The van der Waals surface area contributed by atoms with Gasteiger partial charge >= 0.3 is 10.0 Å². The Balaban J connectivity index is 0.000000216. The number of carbonyl (C=O) groups is 2. The molecule has 0 bridgehead atoms. The standard InChI is InChI=1S/C24H30BrN2.2C9H6N4O4S.Co/c1-6-24(4)20-11-9-10-12-22(20)26(5)23(24)16-14-18-13-15-19(17-21(18)25)27(7-2)8-3;2*14-5-1-2-6(7(15)3-5)11-12-9-10-4-8(18-9)13(16)17;/h9-17H,6-8H2,1-5H3;2*1-4H,(H2,10,12,14,15);/q+1;;;/p-2. The van der Waals surface area contributed by atoms with E-state index in [0.29, 0.717) is 0 Å². The molecule has 1 unspecified atom stereocenters. The second-order valence-corrected chi connectivity index (χ2v) is 16.4. The number of hydrogen-bond donors (Lipinski definition) is 2. The van der Waals surface area contributed by atoms with E-state index in [1.54, 1.807) is 0 Å². The summed E-state index contributed by atoms with van der Waals surface area (Å²) in [6.45, 7) is 11.1. The Morgan fingerprint density at radius 3 is 1.77 bits per heavy atom. The molecule has 0 saturated carbocycles. The second kappa shape index (κ2) is 22.8. The molecule has 3 aliphatic rings. The Hall–Kier alpha value is -6.46. The number of benzene rings is 2. The number of halogens is 1. The van der Waals surface area contributed by atoms with Crippen molar-refractivity contribution in [1.29, 1.82) is 0 Å². The molecule has 2 aliphatic carbocycles. The van der Waals surface area contributed by atoms with Crippen molar-refractivity contribution in [1.82, 2.24) is 9.97 Å². The number of fused-ring (bicyclic) bond motifs is 1. The van der Waals surface area contributed by atoms with Gasteiger partial charge in [-0.1, -0.05) is 69.8 Å². The number of para-hydroxylation sites is 1. The zero-order valence-corrected chi connectivity index (χ0v) is 39.0. The van der Waals surface area contributed by atoms with Crippen LogP contribution in [-0.2, 0) is 31.8 Å². The van der Waals surface area contributed by atoms with Crippen molar-refractivity contribution in [3.05, 3.63) is 154 Å². The number of aliphatic hydroxyl groups excluding tert-OH is 2. The SMILES string of the molecule is CCN(CC)c1ccc(/C=C/C2=[N+](C)c3ccccc3C2(C)CC)c(Br)c1.O=C1C=CC(=NN=c2[n-]cc([N+](=O)[O-])s2)C(O)=C1.O=C1C=CC(=NN=c2[n-]cc([N+](=O)[O-])s2)C(O)=C1.[Co]. The second-order valence-electron chi connectivity index (χ2n) is 13.5. The Labute approximate surface area is 392 Å². The minimum atomic E-state index is -0.583. The Kier molecular flexibility index (Phi) is 17.8. The van der Waals surface area contributed by atoms with Gasteiger partial charge in [-0.2, -0.15) is 4.58 Å². The molecule has 2 aromatic carbocycles.